The molecule has 1 N–H and O–H groups in total. The van der Waals surface area contributed by atoms with Crippen molar-refractivity contribution in [1.82, 2.24) is 0 Å². The Bertz CT molecular complexity index is 206. The largest absolute Gasteiger partial charge is 0.473 e. The van der Waals surface area contributed by atoms with Gasteiger partial charge in [-0.05, 0) is 24.8 Å². The van der Waals surface area contributed by atoms with Crippen LogP contribution in [0.15, 0.2) is 12.3 Å². The Morgan fingerprint density at radius 3 is 2.54 bits per heavy atom. The third kappa shape index (κ3) is 7.05. The molecule has 0 unspecified atom stereocenters. The number of hydrogen-bond donors (Lipinski definition) is 1. The predicted octanol–water partition coefficient (Wildman–Crippen LogP) is 1.56. The molecule has 0 atom stereocenters. The highest BCUT2D eigenvalue weighted by atomic mass is 16.6. The number of carboxylic acids is 1. The fourth-order valence-corrected chi connectivity index (χ4v) is 0.658. The van der Waals surface area contributed by atoms with E-state index in [1.165, 1.54) is 0 Å². The van der Waals surface area contributed by atoms with E-state index in [-0.39, 0.29) is 0 Å². The number of carboxylic acid groups (broad SMARTS) is 1. The van der Waals surface area contributed by atoms with Crippen molar-refractivity contribution in [3.63, 3.8) is 0 Å². The van der Waals surface area contributed by atoms with Crippen LogP contribution in [0.2, 0.25) is 0 Å². The summed E-state index contributed by atoms with van der Waals surface area (Å²) in [6.07, 6.45) is 4.53. The second-order valence-corrected chi connectivity index (χ2v) is 3.05. The average Bonchev–Trinajstić information content (AvgIpc) is 2.02. The summed E-state index contributed by atoms with van der Waals surface area (Å²) in [5, 5.41) is 8.12. The van der Waals surface area contributed by atoms with Crippen LogP contribution >= 0.6 is 0 Å². The summed E-state index contributed by atoms with van der Waals surface area (Å²) in [7, 11) is 0. The van der Waals surface area contributed by atoms with E-state index in [1.807, 2.05) is 0 Å². The molecule has 4 nitrogen and oxygen atoms in total. The van der Waals surface area contributed by atoms with Crippen LogP contribution in [-0.4, -0.2) is 17.0 Å². The quantitative estimate of drug-likeness (QED) is 0.411. The third-order valence-corrected chi connectivity index (χ3v) is 1.36. The molecule has 0 spiro atoms. The first kappa shape index (κ1) is 11.7. The number of carbonyl (C=O) groups excluding carboxylic acids is 1. The first-order valence-electron chi connectivity index (χ1n) is 4.13. The zero-order valence-corrected chi connectivity index (χ0v) is 7.82. The van der Waals surface area contributed by atoms with Crippen molar-refractivity contribution < 1.29 is 19.4 Å². The lowest BCUT2D eigenvalue weighted by atomic mass is 10.1. The summed E-state index contributed by atoms with van der Waals surface area (Å²) in [6, 6.07) is 0. The van der Waals surface area contributed by atoms with Crippen molar-refractivity contribution in [2.24, 2.45) is 5.92 Å². The lowest BCUT2D eigenvalue weighted by Crippen LogP contribution is -2.13. The highest BCUT2D eigenvalue weighted by Gasteiger charge is 2.10. The molecule has 74 valence electrons. The molecule has 0 rings (SSSR count). The molecule has 0 fully saturated rings. The Morgan fingerprint density at radius 2 is 2.08 bits per heavy atom. The lowest BCUT2D eigenvalue weighted by Gasteiger charge is -1.98. The summed E-state index contributed by atoms with van der Waals surface area (Å²) < 4.78 is 4.27. The number of hydrogen-bond acceptors (Lipinski definition) is 3. The maximum atomic E-state index is 10.4. The Kier molecular flexibility index (Phi) is 5.59. The Morgan fingerprint density at radius 1 is 1.46 bits per heavy atom. The Balaban J connectivity index is 3.52. The SMILES string of the molecule is CC(C)CCC=COC(=O)C(=O)O. The molecule has 0 saturated carbocycles. The monoisotopic (exact) mass is 186 g/mol. The summed E-state index contributed by atoms with van der Waals surface area (Å²) in [6.45, 7) is 4.16. The first-order chi connectivity index (χ1) is 6.04. The number of aliphatic carboxylic acids is 1. The lowest BCUT2D eigenvalue weighted by molar-refractivity contribution is -0.160. The number of esters is 1. The van der Waals surface area contributed by atoms with Crippen molar-refractivity contribution in [2.45, 2.75) is 26.7 Å². The minimum atomic E-state index is -1.58. The van der Waals surface area contributed by atoms with Gasteiger partial charge in [0.2, 0.25) is 0 Å². The van der Waals surface area contributed by atoms with Crippen LogP contribution in [-0.2, 0) is 14.3 Å². The highest BCUT2D eigenvalue weighted by molar-refractivity contribution is 6.28. The van der Waals surface area contributed by atoms with E-state index in [4.69, 9.17) is 5.11 Å². The van der Waals surface area contributed by atoms with Crippen LogP contribution in [0.25, 0.3) is 0 Å². The van der Waals surface area contributed by atoms with Crippen LogP contribution in [0.4, 0.5) is 0 Å². The van der Waals surface area contributed by atoms with Gasteiger partial charge in [0, 0.05) is 0 Å². The molecular formula is C9H14O4. The summed E-state index contributed by atoms with van der Waals surface area (Å²) in [4.78, 5) is 20.3. The summed E-state index contributed by atoms with van der Waals surface area (Å²) in [5.41, 5.74) is 0. The van der Waals surface area contributed by atoms with Gasteiger partial charge in [0.1, 0.15) is 0 Å². The van der Waals surface area contributed by atoms with Crippen molar-refractivity contribution in [3.8, 4) is 0 Å². The van der Waals surface area contributed by atoms with E-state index in [2.05, 4.69) is 18.6 Å². The molecule has 0 heterocycles. The molecular weight excluding hydrogens is 172 g/mol. The number of carbonyl (C=O) groups is 2. The normalized spacial score (nSPS) is 10.7. The van der Waals surface area contributed by atoms with E-state index in [9.17, 15) is 9.59 Å². The first-order valence-corrected chi connectivity index (χ1v) is 4.13. The van der Waals surface area contributed by atoms with Crippen molar-refractivity contribution >= 4 is 11.9 Å². The molecule has 0 aromatic carbocycles. The van der Waals surface area contributed by atoms with Gasteiger partial charge in [-0.1, -0.05) is 13.8 Å². The second-order valence-electron chi connectivity index (χ2n) is 3.05. The van der Waals surface area contributed by atoms with Crippen LogP contribution < -0.4 is 0 Å². The fourth-order valence-electron chi connectivity index (χ4n) is 0.658. The zero-order chi connectivity index (χ0) is 10.3. The van der Waals surface area contributed by atoms with Gasteiger partial charge in [-0.2, -0.15) is 0 Å². The molecule has 4 heteroatoms. The van der Waals surface area contributed by atoms with E-state index in [0.29, 0.717) is 5.92 Å². The molecule has 0 amide bonds. The molecule has 0 aromatic rings. The van der Waals surface area contributed by atoms with Gasteiger partial charge in [-0.3, -0.25) is 0 Å². The second kappa shape index (κ2) is 6.22. The van der Waals surface area contributed by atoms with Crippen LogP contribution in [0.1, 0.15) is 26.7 Å². The van der Waals surface area contributed by atoms with Crippen molar-refractivity contribution in [1.29, 1.82) is 0 Å². The fraction of sp³-hybridized carbons (Fsp3) is 0.556. The van der Waals surface area contributed by atoms with Crippen molar-refractivity contribution in [3.05, 3.63) is 12.3 Å². The number of ether oxygens (including phenoxy) is 1. The molecule has 0 radical (unpaired) electrons. The predicted molar refractivity (Wildman–Crippen MR) is 46.9 cm³/mol. The van der Waals surface area contributed by atoms with Crippen LogP contribution in [0, 0.1) is 5.92 Å². The van der Waals surface area contributed by atoms with E-state index < -0.39 is 11.9 Å². The van der Waals surface area contributed by atoms with E-state index in [0.717, 1.165) is 19.1 Å². The molecule has 0 aliphatic heterocycles. The van der Waals surface area contributed by atoms with Gasteiger partial charge in [-0.15, -0.1) is 0 Å². The molecule has 0 saturated heterocycles. The average molecular weight is 186 g/mol. The van der Waals surface area contributed by atoms with E-state index in [1.54, 1.807) is 6.08 Å². The van der Waals surface area contributed by atoms with E-state index >= 15 is 0 Å². The zero-order valence-electron chi connectivity index (χ0n) is 7.82. The van der Waals surface area contributed by atoms with Gasteiger partial charge < -0.3 is 9.84 Å². The maximum Gasteiger partial charge on any atom is 0.422 e. The minimum absolute atomic E-state index is 0.583. The van der Waals surface area contributed by atoms with Gasteiger partial charge in [0.25, 0.3) is 0 Å². The standard InChI is InChI=1S/C9H14O4/c1-7(2)5-3-4-6-13-9(12)8(10)11/h4,6-7H,3,5H2,1-2H3,(H,10,11). The molecule has 0 aliphatic carbocycles. The maximum absolute atomic E-state index is 10.4. The molecule has 0 aliphatic rings. The third-order valence-electron chi connectivity index (χ3n) is 1.36. The molecule has 13 heavy (non-hydrogen) atoms. The van der Waals surface area contributed by atoms with Gasteiger partial charge in [0.15, 0.2) is 0 Å². The van der Waals surface area contributed by atoms with Gasteiger partial charge >= 0.3 is 11.9 Å². The minimum Gasteiger partial charge on any atom is -0.473 e. The smallest absolute Gasteiger partial charge is 0.422 e. The highest BCUT2D eigenvalue weighted by Crippen LogP contribution is 2.03. The Hall–Kier alpha value is -1.32. The summed E-state index contributed by atoms with van der Waals surface area (Å²) >= 11 is 0. The van der Waals surface area contributed by atoms with Crippen molar-refractivity contribution in [2.75, 3.05) is 0 Å². The van der Waals surface area contributed by atoms with Gasteiger partial charge in [0.05, 0.1) is 6.26 Å². The Labute approximate surface area is 77.2 Å². The topological polar surface area (TPSA) is 63.6 Å². The van der Waals surface area contributed by atoms with Crippen LogP contribution in [0.5, 0.6) is 0 Å². The van der Waals surface area contributed by atoms with Crippen LogP contribution in [0.3, 0.4) is 0 Å². The number of rotatable bonds is 4. The summed E-state index contributed by atoms with van der Waals surface area (Å²) in [5.74, 6) is -2.24. The molecule has 0 bridgehead atoms. The number of allylic oxidation sites excluding steroid dienone is 1. The molecule has 0 aromatic heterocycles. The van der Waals surface area contributed by atoms with Gasteiger partial charge in [-0.25, -0.2) is 9.59 Å².